The highest BCUT2D eigenvalue weighted by Gasteiger charge is 2.28. The molecule has 1 aliphatic rings. The molecule has 0 unspecified atom stereocenters. The van der Waals surface area contributed by atoms with Crippen molar-refractivity contribution in [2.24, 2.45) is 5.92 Å². The standard InChI is InChI=1S/C49H68O7/c1-3-5-6-7-8-9-10-11-12-15-18-21-24-39-53-44-33-31-43(32-34-44)49(52)56-46-37-35-45(36-38-46)55-48(51)42-29-27-41(28-30-42)26-23-20-17-14-13-16-19-22-25-40-54-47(50)4-2/h3-4,27-30,35-38,43-44H,1-2,5-22,24-25,31-34,39-40H2. The van der Waals surface area contributed by atoms with Crippen LogP contribution in [0.4, 0.5) is 0 Å². The molecule has 0 aromatic heterocycles. The van der Waals surface area contributed by atoms with Crippen LogP contribution in [0.1, 0.15) is 170 Å². The number of esters is 3. The van der Waals surface area contributed by atoms with Crippen LogP contribution in [-0.4, -0.2) is 37.2 Å². The predicted molar refractivity (Wildman–Crippen MR) is 226 cm³/mol. The van der Waals surface area contributed by atoms with Gasteiger partial charge in [0.2, 0.25) is 0 Å². The molecule has 0 N–H and O–H groups in total. The summed E-state index contributed by atoms with van der Waals surface area (Å²) in [4.78, 5) is 36.6. The molecule has 0 aliphatic heterocycles. The average Bonchev–Trinajstić information content (AvgIpc) is 3.22. The van der Waals surface area contributed by atoms with Crippen molar-refractivity contribution in [3.8, 4) is 23.3 Å². The van der Waals surface area contributed by atoms with Crippen molar-refractivity contribution in [3.63, 3.8) is 0 Å². The zero-order valence-corrected chi connectivity index (χ0v) is 34.1. The van der Waals surface area contributed by atoms with Crippen molar-refractivity contribution >= 4 is 17.9 Å². The molecule has 1 aliphatic carbocycles. The van der Waals surface area contributed by atoms with Crippen molar-refractivity contribution in [2.75, 3.05) is 13.2 Å². The van der Waals surface area contributed by atoms with Crippen LogP contribution in [0.25, 0.3) is 0 Å². The van der Waals surface area contributed by atoms with Gasteiger partial charge in [0, 0.05) is 24.7 Å². The van der Waals surface area contributed by atoms with Gasteiger partial charge in [0.1, 0.15) is 11.5 Å². The number of unbranched alkanes of at least 4 members (excludes halogenated alkanes) is 18. The quantitative estimate of drug-likeness (QED) is 0.0203. The number of allylic oxidation sites excluding steroid dienone is 1. The zero-order valence-electron chi connectivity index (χ0n) is 34.1. The second-order valence-electron chi connectivity index (χ2n) is 15.1. The van der Waals surface area contributed by atoms with Gasteiger partial charge in [0.25, 0.3) is 0 Å². The SMILES string of the molecule is C=CCCCCCCCCCCCCCOC1CCC(C(=O)Oc2ccc(OC(=O)c3ccc(C#CCCCCCCCCCOC(=O)C=C)cc3)cc2)CC1. The Labute approximate surface area is 338 Å². The van der Waals surface area contributed by atoms with Crippen molar-refractivity contribution < 1.29 is 33.3 Å². The van der Waals surface area contributed by atoms with E-state index in [0.717, 1.165) is 89.2 Å². The van der Waals surface area contributed by atoms with E-state index < -0.39 is 5.97 Å². The molecule has 306 valence electrons. The maximum Gasteiger partial charge on any atom is 0.343 e. The highest BCUT2D eigenvalue weighted by molar-refractivity contribution is 5.91. The van der Waals surface area contributed by atoms with Gasteiger partial charge in [0.15, 0.2) is 0 Å². The molecule has 7 nitrogen and oxygen atoms in total. The maximum atomic E-state index is 12.9. The molecular weight excluding hydrogens is 701 g/mol. The summed E-state index contributed by atoms with van der Waals surface area (Å²) >= 11 is 0. The van der Waals surface area contributed by atoms with E-state index in [1.165, 1.54) is 83.1 Å². The zero-order chi connectivity index (χ0) is 39.9. The van der Waals surface area contributed by atoms with Crippen LogP contribution >= 0.6 is 0 Å². The number of hydrogen-bond donors (Lipinski definition) is 0. The van der Waals surface area contributed by atoms with Crippen LogP contribution in [0.15, 0.2) is 73.8 Å². The molecular formula is C49H68O7. The van der Waals surface area contributed by atoms with Crippen molar-refractivity contribution in [1.82, 2.24) is 0 Å². The first kappa shape index (κ1) is 46.2. The fourth-order valence-electron chi connectivity index (χ4n) is 6.92. The molecule has 2 aromatic carbocycles. The first-order valence-corrected chi connectivity index (χ1v) is 21.6. The molecule has 3 rings (SSSR count). The molecule has 0 radical (unpaired) electrons. The second kappa shape index (κ2) is 30.0. The normalized spacial score (nSPS) is 14.9. The van der Waals surface area contributed by atoms with E-state index in [0.29, 0.717) is 23.7 Å². The Balaban J connectivity index is 1.20. The third-order valence-electron chi connectivity index (χ3n) is 10.4. The first-order valence-electron chi connectivity index (χ1n) is 21.6. The van der Waals surface area contributed by atoms with Gasteiger partial charge in [-0.2, -0.15) is 0 Å². The van der Waals surface area contributed by atoms with E-state index in [2.05, 4.69) is 25.0 Å². The number of ether oxygens (including phenoxy) is 4. The number of hydrogen-bond acceptors (Lipinski definition) is 7. The highest BCUT2D eigenvalue weighted by atomic mass is 16.5. The smallest absolute Gasteiger partial charge is 0.343 e. The molecule has 0 spiro atoms. The van der Waals surface area contributed by atoms with Gasteiger partial charge >= 0.3 is 17.9 Å². The molecule has 0 amide bonds. The van der Waals surface area contributed by atoms with Gasteiger partial charge < -0.3 is 18.9 Å². The van der Waals surface area contributed by atoms with Gasteiger partial charge in [0.05, 0.1) is 24.2 Å². The summed E-state index contributed by atoms with van der Waals surface area (Å²) in [7, 11) is 0. The van der Waals surface area contributed by atoms with E-state index >= 15 is 0 Å². The Morgan fingerprint density at radius 2 is 1.12 bits per heavy atom. The van der Waals surface area contributed by atoms with Crippen LogP contribution in [0.5, 0.6) is 11.5 Å². The Morgan fingerprint density at radius 1 is 0.607 bits per heavy atom. The van der Waals surface area contributed by atoms with Crippen LogP contribution in [-0.2, 0) is 19.1 Å². The molecule has 0 heterocycles. The minimum atomic E-state index is -0.460. The monoisotopic (exact) mass is 768 g/mol. The second-order valence-corrected chi connectivity index (χ2v) is 15.1. The number of rotatable bonds is 29. The molecule has 1 fully saturated rings. The molecule has 0 bridgehead atoms. The van der Waals surface area contributed by atoms with Crippen molar-refractivity contribution in [1.29, 1.82) is 0 Å². The van der Waals surface area contributed by atoms with Gasteiger partial charge in [-0.1, -0.05) is 114 Å². The molecule has 0 atom stereocenters. The third kappa shape index (κ3) is 21.2. The first-order chi connectivity index (χ1) is 27.5. The van der Waals surface area contributed by atoms with E-state index in [4.69, 9.17) is 18.9 Å². The van der Waals surface area contributed by atoms with Crippen LogP contribution in [0, 0.1) is 17.8 Å². The lowest BCUT2D eigenvalue weighted by atomic mass is 9.87. The summed E-state index contributed by atoms with van der Waals surface area (Å²) in [5.41, 5.74) is 1.29. The molecule has 0 saturated heterocycles. The van der Waals surface area contributed by atoms with E-state index in [-0.39, 0.29) is 24.0 Å². The van der Waals surface area contributed by atoms with Gasteiger partial charge in [-0.15, -0.1) is 6.58 Å². The van der Waals surface area contributed by atoms with E-state index in [1.807, 2.05) is 18.2 Å². The maximum absolute atomic E-state index is 12.9. The Morgan fingerprint density at radius 3 is 1.70 bits per heavy atom. The fourth-order valence-corrected chi connectivity index (χ4v) is 6.92. The predicted octanol–water partition coefficient (Wildman–Crippen LogP) is 12.5. The summed E-state index contributed by atoms with van der Waals surface area (Å²) in [6.07, 6.45) is 30.8. The highest BCUT2D eigenvalue weighted by Crippen LogP contribution is 2.29. The van der Waals surface area contributed by atoms with Gasteiger partial charge in [-0.05, 0) is 106 Å². The molecule has 1 saturated carbocycles. The Hall–Kier alpha value is -4.15. The summed E-state index contributed by atoms with van der Waals surface area (Å²) < 4.78 is 22.4. The molecule has 2 aromatic rings. The summed E-state index contributed by atoms with van der Waals surface area (Å²) in [6, 6.07) is 13.7. The molecule has 56 heavy (non-hydrogen) atoms. The van der Waals surface area contributed by atoms with Gasteiger partial charge in [-0.3, -0.25) is 4.79 Å². The Bertz CT molecular complexity index is 1460. The topological polar surface area (TPSA) is 88.1 Å². The summed E-state index contributed by atoms with van der Waals surface area (Å²) in [5.74, 6) is 6.07. The third-order valence-corrected chi connectivity index (χ3v) is 10.4. The largest absolute Gasteiger partial charge is 0.463 e. The van der Waals surface area contributed by atoms with Crippen LogP contribution < -0.4 is 9.47 Å². The van der Waals surface area contributed by atoms with E-state index in [9.17, 15) is 14.4 Å². The lowest BCUT2D eigenvalue weighted by Crippen LogP contribution is -2.29. The summed E-state index contributed by atoms with van der Waals surface area (Å²) in [5, 5.41) is 0. The Kier molecular flexibility index (Phi) is 24.8. The minimum Gasteiger partial charge on any atom is -0.463 e. The molecule has 7 heteroatoms. The number of carbonyl (C=O) groups excluding carboxylic acids is 3. The lowest BCUT2D eigenvalue weighted by molar-refractivity contribution is -0.141. The van der Waals surface area contributed by atoms with Crippen LogP contribution in [0.2, 0.25) is 0 Å². The number of benzene rings is 2. The van der Waals surface area contributed by atoms with Crippen molar-refractivity contribution in [2.45, 2.75) is 160 Å². The fraction of sp³-hybridized carbons (Fsp3) is 0.571. The van der Waals surface area contributed by atoms with Gasteiger partial charge in [-0.25, -0.2) is 9.59 Å². The van der Waals surface area contributed by atoms with E-state index in [1.54, 1.807) is 36.4 Å². The minimum absolute atomic E-state index is 0.123. The average molecular weight is 769 g/mol. The lowest BCUT2D eigenvalue weighted by Gasteiger charge is -2.27. The van der Waals surface area contributed by atoms with Crippen molar-refractivity contribution in [3.05, 3.63) is 85.0 Å². The van der Waals surface area contributed by atoms with Crippen LogP contribution in [0.3, 0.4) is 0 Å². The summed E-state index contributed by atoms with van der Waals surface area (Å²) in [6.45, 7) is 8.45. The number of carbonyl (C=O) groups is 3.